The zero-order valence-electron chi connectivity index (χ0n) is 27.7. The first kappa shape index (κ1) is 35.9. The van der Waals surface area contributed by atoms with Crippen molar-refractivity contribution in [3.8, 4) is 28.3 Å². The summed E-state index contributed by atoms with van der Waals surface area (Å²) in [6, 6.07) is 11.0. The SMILES string of the molecule is CCCCCCOCCCCc1ccc(-c2cnc(-c3ccc4c(c3F)C(F)(F)C(CCCCOCCCCCC)O4)nc2)cc1. The first-order valence-electron chi connectivity index (χ1n) is 17.4. The minimum Gasteiger partial charge on any atom is -0.483 e. The van der Waals surface area contributed by atoms with Crippen LogP contribution >= 0.6 is 0 Å². The van der Waals surface area contributed by atoms with Gasteiger partial charge in [-0.05, 0) is 74.6 Å². The van der Waals surface area contributed by atoms with Gasteiger partial charge in [-0.3, -0.25) is 0 Å². The molecule has 0 N–H and O–H groups in total. The molecule has 0 radical (unpaired) electrons. The van der Waals surface area contributed by atoms with Crippen molar-refractivity contribution in [1.82, 2.24) is 9.97 Å². The summed E-state index contributed by atoms with van der Waals surface area (Å²) in [6.45, 7) is 7.26. The van der Waals surface area contributed by atoms with Gasteiger partial charge in [-0.25, -0.2) is 14.4 Å². The number of halogens is 3. The number of rotatable bonds is 22. The lowest BCUT2D eigenvalue weighted by atomic mass is 9.98. The maximum atomic E-state index is 15.6. The highest BCUT2D eigenvalue weighted by Crippen LogP contribution is 2.49. The highest BCUT2D eigenvalue weighted by Gasteiger charge is 2.53. The monoisotopic (exact) mass is 640 g/mol. The molecule has 4 rings (SSSR count). The summed E-state index contributed by atoms with van der Waals surface area (Å²) >= 11 is 0. The van der Waals surface area contributed by atoms with E-state index in [1.165, 1.54) is 49.8 Å². The van der Waals surface area contributed by atoms with E-state index in [0.29, 0.717) is 26.1 Å². The first-order valence-corrected chi connectivity index (χ1v) is 17.4. The molecular weight excluding hydrogens is 589 g/mol. The number of ether oxygens (including phenoxy) is 3. The fourth-order valence-corrected chi connectivity index (χ4v) is 5.78. The first-order chi connectivity index (χ1) is 22.5. The molecule has 0 amide bonds. The standard InChI is InChI=1S/C38H51F3N2O3/c1-3-5-7-11-23-44-25-13-9-15-29-17-19-30(20-18-29)31-27-42-37(43-28-31)32-21-22-33-35(36(32)39)38(40,41)34(46-33)16-10-14-26-45-24-12-8-6-4-2/h17-22,27-28,34H,3-16,23-26H2,1-2H3. The van der Waals surface area contributed by atoms with Crippen LogP contribution in [-0.2, 0) is 21.8 Å². The van der Waals surface area contributed by atoms with E-state index in [2.05, 4.69) is 35.9 Å². The predicted molar refractivity (Wildman–Crippen MR) is 178 cm³/mol. The van der Waals surface area contributed by atoms with Crippen LogP contribution in [0.5, 0.6) is 5.75 Å². The Hall–Kier alpha value is -2.97. The maximum Gasteiger partial charge on any atom is 0.315 e. The molecule has 0 saturated heterocycles. The van der Waals surface area contributed by atoms with Gasteiger partial charge in [-0.2, -0.15) is 8.78 Å². The van der Waals surface area contributed by atoms with Crippen LogP contribution in [0.2, 0.25) is 0 Å². The quantitative estimate of drug-likeness (QED) is 0.102. The lowest BCUT2D eigenvalue weighted by Gasteiger charge is -2.18. The third-order valence-corrected chi connectivity index (χ3v) is 8.58. The highest BCUT2D eigenvalue weighted by atomic mass is 19.3. The van der Waals surface area contributed by atoms with E-state index in [1.807, 2.05) is 12.1 Å². The average Bonchev–Trinajstić information content (AvgIpc) is 3.33. The Labute approximate surface area is 273 Å². The fraction of sp³-hybridized carbons (Fsp3) is 0.579. The molecule has 1 unspecified atom stereocenters. The molecule has 2 heterocycles. The summed E-state index contributed by atoms with van der Waals surface area (Å²) in [5, 5.41) is 0. The molecule has 1 aliphatic heterocycles. The zero-order chi connectivity index (χ0) is 32.6. The summed E-state index contributed by atoms with van der Waals surface area (Å²) in [6.07, 6.45) is 15.6. The van der Waals surface area contributed by atoms with Gasteiger partial charge in [-0.1, -0.05) is 76.6 Å². The third-order valence-electron chi connectivity index (χ3n) is 8.58. The molecule has 252 valence electrons. The lowest BCUT2D eigenvalue weighted by molar-refractivity contribution is -0.0815. The van der Waals surface area contributed by atoms with Crippen molar-refractivity contribution in [3.63, 3.8) is 0 Å². The Morgan fingerprint density at radius 2 is 1.28 bits per heavy atom. The summed E-state index contributed by atoms with van der Waals surface area (Å²) in [5.41, 5.74) is 2.18. The van der Waals surface area contributed by atoms with Gasteiger partial charge in [-0.15, -0.1) is 0 Å². The van der Waals surface area contributed by atoms with E-state index in [-0.39, 0.29) is 23.6 Å². The van der Waals surface area contributed by atoms with Gasteiger partial charge >= 0.3 is 5.92 Å². The molecule has 1 atom stereocenters. The van der Waals surface area contributed by atoms with Crippen molar-refractivity contribution in [1.29, 1.82) is 0 Å². The van der Waals surface area contributed by atoms with Gasteiger partial charge in [0.2, 0.25) is 0 Å². The molecule has 0 bridgehead atoms. The van der Waals surface area contributed by atoms with E-state index in [0.717, 1.165) is 62.9 Å². The van der Waals surface area contributed by atoms with E-state index in [9.17, 15) is 0 Å². The van der Waals surface area contributed by atoms with Gasteiger partial charge in [0.1, 0.15) is 17.1 Å². The Kier molecular flexibility index (Phi) is 14.8. The second kappa shape index (κ2) is 19.0. The zero-order valence-corrected chi connectivity index (χ0v) is 27.7. The Balaban J connectivity index is 1.26. The van der Waals surface area contributed by atoms with Crippen LogP contribution < -0.4 is 4.74 Å². The van der Waals surface area contributed by atoms with Gasteiger partial charge in [0.05, 0.1) is 5.56 Å². The van der Waals surface area contributed by atoms with E-state index < -0.39 is 23.4 Å². The summed E-state index contributed by atoms with van der Waals surface area (Å²) < 4.78 is 63.2. The smallest absolute Gasteiger partial charge is 0.315 e. The number of aromatic nitrogens is 2. The normalized spacial score (nSPS) is 15.2. The number of benzene rings is 2. The molecule has 1 aliphatic rings. The van der Waals surface area contributed by atoms with Gasteiger partial charge in [0.15, 0.2) is 11.9 Å². The third kappa shape index (κ3) is 10.3. The van der Waals surface area contributed by atoms with Crippen molar-refractivity contribution in [2.45, 2.75) is 116 Å². The van der Waals surface area contributed by atoms with Crippen molar-refractivity contribution in [2.24, 2.45) is 0 Å². The number of alkyl halides is 2. The lowest BCUT2D eigenvalue weighted by Crippen LogP contribution is -2.30. The number of unbranched alkanes of at least 4 members (excludes halogenated alkanes) is 8. The van der Waals surface area contributed by atoms with Gasteiger partial charge in [0.25, 0.3) is 0 Å². The van der Waals surface area contributed by atoms with Gasteiger partial charge < -0.3 is 14.2 Å². The summed E-state index contributed by atoms with van der Waals surface area (Å²) in [7, 11) is 0. The van der Waals surface area contributed by atoms with Gasteiger partial charge in [0, 0.05) is 44.4 Å². The van der Waals surface area contributed by atoms with Crippen molar-refractivity contribution in [3.05, 3.63) is 65.7 Å². The second-order valence-corrected chi connectivity index (χ2v) is 12.3. The Morgan fingerprint density at radius 1 is 0.696 bits per heavy atom. The van der Waals surface area contributed by atoms with Crippen LogP contribution in [0.15, 0.2) is 48.8 Å². The number of nitrogens with zero attached hydrogens (tertiary/aromatic N) is 2. The number of aryl methyl sites for hydroxylation is 1. The minimum atomic E-state index is -3.45. The Morgan fingerprint density at radius 3 is 1.89 bits per heavy atom. The largest absolute Gasteiger partial charge is 0.483 e. The van der Waals surface area contributed by atoms with Crippen molar-refractivity contribution >= 4 is 0 Å². The van der Waals surface area contributed by atoms with Crippen LogP contribution in [0.3, 0.4) is 0 Å². The molecule has 8 heteroatoms. The van der Waals surface area contributed by atoms with E-state index in [4.69, 9.17) is 14.2 Å². The molecule has 0 spiro atoms. The molecule has 1 aromatic heterocycles. The molecule has 2 aromatic carbocycles. The number of fused-ring (bicyclic) bond motifs is 1. The number of hydrogen-bond acceptors (Lipinski definition) is 5. The second-order valence-electron chi connectivity index (χ2n) is 12.3. The minimum absolute atomic E-state index is 0.0589. The molecule has 3 aromatic rings. The van der Waals surface area contributed by atoms with Crippen LogP contribution in [0.4, 0.5) is 13.2 Å². The molecule has 46 heavy (non-hydrogen) atoms. The molecular formula is C38H51F3N2O3. The Bertz CT molecular complexity index is 1300. The topological polar surface area (TPSA) is 53.5 Å². The van der Waals surface area contributed by atoms with Crippen molar-refractivity contribution in [2.75, 3.05) is 26.4 Å². The van der Waals surface area contributed by atoms with Crippen LogP contribution in [0.1, 0.15) is 108 Å². The van der Waals surface area contributed by atoms with Crippen LogP contribution in [0, 0.1) is 5.82 Å². The average molecular weight is 641 g/mol. The fourth-order valence-electron chi connectivity index (χ4n) is 5.78. The van der Waals surface area contributed by atoms with Crippen molar-refractivity contribution < 1.29 is 27.4 Å². The molecule has 0 aliphatic carbocycles. The maximum absolute atomic E-state index is 15.6. The van der Waals surface area contributed by atoms with E-state index >= 15 is 13.2 Å². The molecule has 5 nitrogen and oxygen atoms in total. The summed E-state index contributed by atoms with van der Waals surface area (Å²) in [4.78, 5) is 8.68. The highest BCUT2D eigenvalue weighted by molar-refractivity contribution is 5.66. The molecule has 0 fully saturated rings. The van der Waals surface area contributed by atoms with Crippen LogP contribution in [-0.4, -0.2) is 42.5 Å². The van der Waals surface area contributed by atoms with E-state index in [1.54, 1.807) is 12.4 Å². The molecule has 0 saturated carbocycles. The predicted octanol–water partition coefficient (Wildman–Crippen LogP) is 10.5. The summed E-state index contributed by atoms with van der Waals surface area (Å²) in [5.74, 6) is -4.53. The van der Waals surface area contributed by atoms with Crippen LogP contribution in [0.25, 0.3) is 22.5 Å². The number of hydrogen-bond donors (Lipinski definition) is 0.